The van der Waals surface area contributed by atoms with Gasteiger partial charge in [-0.15, -0.1) is 0 Å². The molecule has 0 aliphatic heterocycles. The molecule has 2 N–H and O–H groups in total. The van der Waals surface area contributed by atoms with E-state index in [0.717, 1.165) is 5.69 Å². The molecule has 1 aromatic rings. The number of benzene rings is 1. The topological polar surface area (TPSA) is 26.0 Å². The predicted octanol–water partition coefficient (Wildman–Crippen LogP) is 3.63. The minimum absolute atomic E-state index is 0.552. The van der Waals surface area contributed by atoms with Crippen LogP contribution in [0.5, 0.6) is 0 Å². The Morgan fingerprint density at radius 2 is 1.29 bits per heavy atom. The van der Waals surface area contributed by atoms with Crippen LogP contribution in [0, 0.1) is 27.7 Å². The summed E-state index contributed by atoms with van der Waals surface area (Å²) in [4.78, 5) is 0. The van der Waals surface area contributed by atoms with Crippen LogP contribution in [0.2, 0.25) is 0 Å². The fourth-order valence-corrected chi connectivity index (χ4v) is 2.26. The van der Waals surface area contributed by atoms with E-state index in [1.165, 1.54) is 27.8 Å². The number of rotatable bonds is 1. The first-order chi connectivity index (χ1) is 6.37. The lowest BCUT2D eigenvalue weighted by atomic mass is 9.87. The van der Waals surface area contributed by atoms with E-state index in [1.54, 1.807) is 0 Å². The van der Waals surface area contributed by atoms with Gasteiger partial charge in [-0.1, -0.05) is 13.8 Å². The molecule has 1 rings (SSSR count). The third kappa shape index (κ3) is 1.52. The fraction of sp³-hybridized carbons (Fsp3) is 0.538. The van der Waals surface area contributed by atoms with Gasteiger partial charge in [-0.05, 0) is 61.4 Å². The van der Waals surface area contributed by atoms with Crippen LogP contribution < -0.4 is 5.73 Å². The maximum Gasteiger partial charge on any atom is 0.0379 e. The van der Waals surface area contributed by atoms with Crippen LogP contribution in [0.3, 0.4) is 0 Å². The van der Waals surface area contributed by atoms with Gasteiger partial charge in [-0.3, -0.25) is 0 Å². The van der Waals surface area contributed by atoms with Crippen LogP contribution in [-0.4, -0.2) is 0 Å². The highest BCUT2D eigenvalue weighted by Crippen LogP contribution is 2.32. The van der Waals surface area contributed by atoms with Crippen LogP contribution in [-0.2, 0) is 0 Å². The van der Waals surface area contributed by atoms with Gasteiger partial charge < -0.3 is 5.73 Å². The van der Waals surface area contributed by atoms with Gasteiger partial charge in [0, 0.05) is 5.69 Å². The van der Waals surface area contributed by atoms with Crippen molar-refractivity contribution in [3.63, 3.8) is 0 Å². The van der Waals surface area contributed by atoms with Crippen LogP contribution in [0.1, 0.15) is 47.6 Å². The smallest absolute Gasteiger partial charge is 0.0379 e. The molecule has 0 amide bonds. The normalized spacial score (nSPS) is 11.1. The Kier molecular flexibility index (Phi) is 2.89. The fourth-order valence-electron chi connectivity index (χ4n) is 2.26. The Hall–Kier alpha value is -0.980. The summed E-state index contributed by atoms with van der Waals surface area (Å²) in [5.74, 6) is 0.552. The van der Waals surface area contributed by atoms with E-state index in [9.17, 15) is 0 Å². The van der Waals surface area contributed by atoms with Gasteiger partial charge in [-0.2, -0.15) is 0 Å². The molecule has 1 heteroatoms. The Bertz CT molecular complexity index is 333. The molecule has 0 spiro atoms. The van der Waals surface area contributed by atoms with Crippen molar-refractivity contribution in [1.82, 2.24) is 0 Å². The molecule has 0 unspecified atom stereocenters. The molecule has 14 heavy (non-hydrogen) atoms. The first-order valence-electron chi connectivity index (χ1n) is 5.23. The second-order valence-electron chi connectivity index (χ2n) is 4.48. The molecule has 0 aliphatic carbocycles. The largest absolute Gasteiger partial charge is 0.398 e. The van der Waals surface area contributed by atoms with Gasteiger partial charge in [0.25, 0.3) is 0 Å². The molecule has 0 atom stereocenters. The quantitative estimate of drug-likeness (QED) is 0.674. The molecule has 78 valence electrons. The van der Waals surface area contributed by atoms with Crippen molar-refractivity contribution < 1.29 is 0 Å². The van der Waals surface area contributed by atoms with Gasteiger partial charge in [-0.25, -0.2) is 0 Å². The molecule has 0 aromatic heterocycles. The molecule has 0 saturated heterocycles. The number of nitrogens with two attached hydrogens (primary N) is 1. The average Bonchev–Trinajstić information content (AvgIpc) is 2.11. The van der Waals surface area contributed by atoms with E-state index in [2.05, 4.69) is 41.5 Å². The summed E-state index contributed by atoms with van der Waals surface area (Å²) in [6, 6.07) is 0. The zero-order valence-electron chi connectivity index (χ0n) is 10.2. The molecule has 0 radical (unpaired) electrons. The lowest BCUT2D eigenvalue weighted by Crippen LogP contribution is -2.06. The minimum atomic E-state index is 0.552. The van der Waals surface area contributed by atoms with E-state index in [0.29, 0.717) is 5.92 Å². The zero-order valence-corrected chi connectivity index (χ0v) is 10.2. The third-order valence-electron chi connectivity index (χ3n) is 3.32. The molecular weight excluding hydrogens is 170 g/mol. The summed E-state index contributed by atoms with van der Waals surface area (Å²) in [5.41, 5.74) is 13.7. The zero-order chi connectivity index (χ0) is 11.0. The Labute approximate surface area is 87.3 Å². The highest BCUT2D eigenvalue weighted by molar-refractivity contribution is 5.62. The molecule has 1 nitrogen and oxygen atoms in total. The molecule has 0 heterocycles. The number of hydrogen-bond acceptors (Lipinski definition) is 1. The SMILES string of the molecule is Cc1c(C)c(N)c(C)c(C(C)C)c1C. The number of hydrogen-bond donors (Lipinski definition) is 1. The van der Waals surface area contributed by atoms with E-state index in [-0.39, 0.29) is 0 Å². The maximum absolute atomic E-state index is 6.09. The first kappa shape index (κ1) is 11.1. The summed E-state index contributed by atoms with van der Waals surface area (Å²) in [6.07, 6.45) is 0. The van der Waals surface area contributed by atoms with Gasteiger partial charge >= 0.3 is 0 Å². The van der Waals surface area contributed by atoms with Crippen molar-refractivity contribution in [3.05, 3.63) is 27.8 Å². The number of nitrogen functional groups attached to an aromatic ring is 1. The van der Waals surface area contributed by atoms with Crippen molar-refractivity contribution in [2.24, 2.45) is 0 Å². The summed E-state index contributed by atoms with van der Waals surface area (Å²) < 4.78 is 0. The van der Waals surface area contributed by atoms with Crippen LogP contribution in [0.25, 0.3) is 0 Å². The molecule has 1 aromatic carbocycles. The Balaban J connectivity index is 3.60. The van der Waals surface area contributed by atoms with E-state index in [1.807, 2.05) is 0 Å². The monoisotopic (exact) mass is 191 g/mol. The highest BCUT2D eigenvalue weighted by Gasteiger charge is 2.14. The minimum Gasteiger partial charge on any atom is -0.398 e. The maximum atomic E-state index is 6.09. The van der Waals surface area contributed by atoms with Crippen molar-refractivity contribution in [2.75, 3.05) is 5.73 Å². The van der Waals surface area contributed by atoms with Crippen molar-refractivity contribution >= 4 is 5.69 Å². The molecular formula is C13H21N. The summed E-state index contributed by atoms with van der Waals surface area (Å²) in [5, 5.41) is 0. The lowest BCUT2D eigenvalue weighted by Gasteiger charge is -2.20. The van der Waals surface area contributed by atoms with Crippen LogP contribution in [0.15, 0.2) is 0 Å². The molecule has 0 saturated carbocycles. The Morgan fingerprint density at radius 3 is 1.71 bits per heavy atom. The van der Waals surface area contributed by atoms with Gasteiger partial charge in [0.15, 0.2) is 0 Å². The second kappa shape index (κ2) is 3.64. The van der Waals surface area contributed by atoms with Crippen LogP contribution >= 0.6 is 0 Å². The van der Waals surface area contributed by atoms with Crippen molar-refractivity contribution in [1.29, 1.82) is 0 Å². The van der Waals surface area contributed by atoms with Crippen molar-refractivity contribution in [3.8, 4) is 0 Å². The number of anilines is 1. The van der Waals surface area contributed by atoms with Gasteiger partial charge in [0.1, 0.15) is 0 Å². The molecule has 0 bridgehead atoms. The highest BCUT2D eigenvalue weighted by atomic mass is 14.6. The first-order valence-corrected chi connectivity index (χ1v) is 5.23. The summed E-state index contributed by atoms with van der Waals surface area (Å²) in [7, 11) is 0. The van der Waals surface area contributed by atoms with Crippen molar-refractivity contribution in [2.45, 2.75) is 47.5 Å². The average molecular weight is 191 g/mol. The van der Waals surface area contributed by atoms with E-state index < -0.39 is 0 Å². The lowest BCUT2D eigenvalue weighted by molar-refractivity contribution is 0.842. The second-order valence-corrected chi connectivity index (χ2v) is 4.48. The van der Waals surface area contributed by atoms with E-state index >= 15 is 0 Å². The standard InChI is InChI=1S/C13H21N/c1-7(2)12-9(4)8(3)10(5)13(14)11(12)6/h7H,14H2,1-6H3. The third-order valence-corrected chi connectivity index (χ3v) is 3.32. The van der Waals surface area contributed by atoms with E-state index in [4.69, 9.17) is 5.73 Å². The molecule has 0 aliphatic rings. The van der Waals surface area contributed by atoms with Gasteiger partial charge in [0.2, 0.25) is 0 Å². The predicted molar refractivity (Wildman–Crippen MR) is 63.9 cm³/mol. The summed E-state index contributed by atoms with van der Waals surface area (Å²) in [6.45, 7) is 13.0. The Morgan fingerprint density at radius 1 is 0.786 bits per heavy atom. The van der Waals surface area contributed by atoms with Gasteiger partial charge in [0.05, 0.1) is 0 Å². The molecule has 0 fully saturated rings. The van der Waals surface area contributed by atoms with Crippen LogP contribution in [0.4, 0.5) is 5.69 Å². The summed E-state index contributed by atoms with van der Waals surface area (Å²) >= 11 is 0.